The van der Waals surface area contributed by atoms with E-state index >= 15 is 0 Å². The van der Waals surface area contributed by atoms with Crippen LogP contribution in [0.25, 0.3) is 0 Å². The summed E-state index contributed by atoms with van der Waals surface area (Å²) in [5.41, 5.74) is -0.0301. The Balaban J connectivity index is 2.13. The first-order valence-corrected chi connectivity index (χ1v) is 5.98. The van der Waals surface area contributed by atoms with Gasteiger partial charge in [0.15, 0.2) is 0 Å². The van der Waals surface area contributed by atoms with E-state index in [0.29, 0.717) is 6.04 Å². The number of hydrogen-bond donors (Lipinski definition) is 0. The number of urea groups is 1. The van der Waals surface area contributed by atoms with Gasteiger partial charge in [-0.25, -0.2) is 4.79 Å². The number of carbonyl (C=O) groups is 1. The van der Waals surface area contributed by atoms with E-state index in [1.54, 1.807) is 0 Å². The molecule has 2 saturated heterocycles. The summed E-state index contributed by atoms with van der Waals surface area (Å²) in [5.74, 6) is 0.777. The Labute approximate surface area is 92.4 Å². The van der Waals surface area contributed by atoms with E-state index in [2.05, 4.69) is 32.6 Å². The molecule has 0 aromatic rings. The lowest BCUT2D eigenvalue weighted by Crippen LogP contribution is -2.44. The molecule has 0 aromatic carbocycles. The number of rotatable bonds is 0. The molecule has 0 saturated carbocycles. The van der Waals surface area contributed by atoms with E-state index in [1.807, 2.05) is 4.90 Å². The first-order valence-electron chi connectivity index (χ1n) is 5.98. The fourth-order valence-electron chi connectivity index (χ4n) is 2.68. The van der Waals surface area contributed by atoms with Crippen LogP contribution >= 0.6 is 0 Å². The molecule has 0 aromatic heterocycles. The summed E-state index contributed by atoms with van der Waals surface area (Å²) in [6, 6.07) is 0.722. The van der Waals surface area contributed by atoms with E-state index in [9.17, 15) is 4.79 Å². The predicted octanol–water partition coefficient (Wildman–Crippen LogP) is 2.32. The van der Waals surface area contributed by atoms with Gasteiger partial charge in [0.2, 0.25) is 0 Å². The Morgan fingerprint density at radius 3 is 2.60 bits per heavy atom. The van der Waals surface area contributed by atoms with Crippen molar-refractivity contribution in [2.45, 2.75) is 52.1 Å². The lowest BCUT2D eigenvalue weighted by atomic mass is 9.93. The van der Waals surface area contributed by atoms with Gasteiger partial charge in [0.25, 0.3) is 0 Å². The van der Waals surface area contributed by atoms with Gasteiger partial charge in [0.1, 0.15) is 0 Å². The molecule has 2 aliphatic rings. The summed E-state index contributed by atoms with van der Waals surface area (Å²) in [4.78, 5) is 16.2. The van der Waals surface area contributed by atoms with Crippen molar-refractivity contribution in [3.05, 3.63) is 0 Å². The Morgan fingerprint density at radius 1 is 1.33 bits per heavy atom. The molecule has 3 heteroatoms. The molecular formula is C12H22N2O. The minimum atomic E-state index is -0.0301. The third-order valence-electron chi connectivity index (χ3n) is 3.66. The largest absolute Gasteiger partial charge is 0.320 e. The van der Waals surface area contributed by atoms with Crippen molar-refractivity contribution in [2.24, 2.45) is 5.92 Å². The Kier molecular flexibility index (Phi) is 2.44. The fourth-order valence-corrected chi connectivity index (χ4v) is 2.68. The van der Waals surface area contributed by atoms with Crippen molar-refractivity contribution < 1.29 is 4.79 Å². The first-order chi connectivity index (χ1) is 6.89. The molecule has 86 valence electrons. The lowest BCUT2D eigenvalue weighted by molar-refractivity contribution is 0.147. The first kappa shape index (κ1) is 10.8. The molecule has 0 radical (unpaired) electrons. The highest BCUT2D eigenvalue weighted by molar-refractivity contribution is 5.78. The molecule has 2 amide bonds. The lowest BCUT2D eigenvalue weighted by Gasteiger charge is -2.32. The van der Waals surface area contributed by atoms with Gasteiger partial charge in [0.05, 0.1) is 6.04 Å². The van der Waals surface area contributed by atoms with Crippen LogP contribution in [0.2, 0.25) is 0 Å². The van der Waals surface area contributed by atoms with Crippen LogP contribution in [0.1, 0.15) is 40.5 Å². The average molecular weight is 210 g/mol. The van der Waals surface area contributed by atoms with Crippen LogP contribution in [0.4, 0.5) is 4.79 Å². The zero-order valence-corrected chi connectivity index (χ0v) is 10.3. The molecule has 2 heterocycles. The second-order valence-corrected chi connectivity index (χ2v) is 6.04. The summed E-state index contributed by atoms with van der Waals surface area (Å²) in [5, 5.41) is 0. The molecule has 15 heavy (non-hydrogen) atoms. The summed E-state index contributed by atoms with van der Waals surface area (Å²) >= 11 is 0. The van der Waals surface area contributed by atoms with Gasteiger partial charge < -0.3 is 9.80 Å². The molecule has 2 atom stereocenters. The van der Waals surface area contributed by atoms with Crippen molar-refractivity contribution in [1.29, 1.82) is 0 Å². The fraction of sp³-hybridized carbons (Fsp3) is 0.917. The molecule has 0 spiro atoms. The molecule has 2 fully saturated rings. The highest BCUT2D eigenvalue weighted by Gasteiger charge is 2.43. The van der Waals surface area contributed by atoms with E-state index in [1.165, 1.54) is 12.8 Å². The molecule has 2 unspecified atom stereocenters. The third-order valence-corrected chi connectivity index (χ3v) is 3.66. The average Bonchev–Trinajstić information content (AvgIpc) is 2.42. The van der Waals surface area contributed by atoms with Gasteiger partial charge >= 0.3 is 6.03 Å². The minimum Gasteiger partial charge on any atom is -0.320 e. The summed E-state index contributed by atoms with van der Waals surface area (Å²) in [7, 11) is 0. The highest BCUT2D eigenvalue weighted by Crippen LogP contribution is 2.32. The zero-order chi connectivity index (χ0) is 11.2. The van der Waals surface area contributed by atoms with E-state index in [0.717, 1.165) is 19.0 Å². The van der Waals surface area contributed by atoms with Crippen molar-refractivity contribution in [3.63, 3.8) is 0 Å². The number of fused-ring (bicyclic) bond motifs is 1. The van der Waals surface area contributed by atoms with Crippen LogP contribution in [-0.2, 0) is 0 Å². The molecular weight excluding hydrogens is 188 g/mol. The van der Waals surface area contributed by atoms with E-state index in [-0.39, 0.29) is 11.6 Å². The summed E-state index contributed by atoms with van der Waals surface area (Å²) in [6.45, 7) is 10.5. The van der Waals surface area contributed by atoms with E-state index in [4.69, 9.17) is 0 Å². The Bertz CT molecular complexity index is 269. The van der Waals surface area contributed by atoms with Crippen molar-refractivity contribution in [3.8, 4) is 0 Å². The quantitative estimate of drug-likeness (QED) is 0.602. The number of piperidine rings is 1. The monoisotopic (exact) mass is 210 g/mol. The van der Waals surface area contributed by atoms with Crippen molar-refractivity contribution in [1.82, 2.24) is 9.80 Å². The highest BCUT2D eigenvalue weighted by atomic mass is 16.2. The molecule has 0 N–H and O–H groups in total. The van der Waals surface area contributed by atoms with Crippen LogP contribution in [0.5, 0.6) is 0 Å². The number of hydrogen-bond acceptors (Lipinski definition) is 1. The topological polar surface area (TPSA) is 23.6 Å². The number of amides is 2. The second kappa shape index (κ2) is 3.39. The summed E-state index contributed by atoms with van der Waals surface area (Å²) in [6.07, 6.45) is 2.35. The van der Waals surface area contributed by atoms with Gasteiger partial charge in [-0.05, 0) is 39.5 Å². The van der Waals surface area contributed by atoms with Crippen LogP contribution in [-0.4, -0.2) is 40.5 Å². The molecule has 0 bridgehead atoms. The van der Waals surface area contributed by atoms with E-state index < -0.39 is 0 Å². The van der Waals surface area contributed by atoms with Crippen LogP contribution in [0, 0.1) is 5.92 Å². The van der Waals surface area contributed by atoms with Crippen molar-refractivity contribution in [2.75, 3.05) is 13.1 Å². The predicted molar refractivity (Wildman–Crippen MR) is 60.7 cm³/mol. The van der Waals surface area contributed by atoms with Gasteiger partial charge in [-0.3, -0.25) is 0 Å². The van der Waals surface area contributed by atoms with Crippen LogP contribution < -0.4 is 0 Å². The minimum absolute atomic E-state index is 0.0301. The SMILES string of the molecule is CC1CCN2C(=O)N(C(C)(C)C)CC2C1. The third kappa shape index (κ3) is 1.84. The van der Waals surface area contributed by atoms with Crippen LogP contribution in [0.3, 0.4) is 0 Å². The molecule has 2 rings (SSSR count). The number of carbonyl (C=O) groups excluding carboxylic acids is 1. The van der Waals surface area contributed by atoms with Gasteiger partial charge in [-0.2, -0.15) is 0 Å². The standard InChI is InChI=1S/C12H22N2O/c1-9-5-6-13-10(7-9)8-14(11(13)15)12(2,3)4/h9-10H,5-8H2,1-4H3. The summed E-state index contributed by atoms with van der Waals surface area (Å²) < 4.78 is 0. The smallest absolute Gasteiger partial charge is 0.320 e. The number of nitrogens with zero attached hydrogens (tertiary/aromatic N) is 2. The van der Waals surface area contributed by atoms with Crippen LogP contribution in [0.15, 0.2) is 0 Å². The maximum absolute atomic E-state index is 12.1. The normalized spacial score (nSPS) is 32.1. The molecule has 2 aliphatic heterocycles. The second-order valence-electron chi connectivity index (χ2n) is 6.04. The van der Waals surface area contributed by atoms with Gasteiger partial charge in [0, 0.05) is 18.6 Å². The van der Waals surface area contributed by atoms with Gasteiger partial charge in [-0.1, -0.05) is 6.92 Å². The zero-order valence-electron chi connectivity index (χ0n) is 10.3. The molecule has 0 aliphatic carbocycles. The van der Waals surface area contributed by atoms with Crippen molar-refractivity contribution >= 4 is 6.03 Å². The van der Waals surface area contributed by atoms with Gasteiger partial charge in [-0.15, -0.1) is 0 Å². The maximum Gasteiger partial charge on any atom is 0.320 e. The maximum atomic E-state index is 12.1. The Morgan fingerprint density at radius 2 is 2.00 bits per heavy atom. The Hall–Kier alpha value is -0.730. The molecule has 3 nitrogen and oxygen atoms in total.